The maximum Gasteiger partial charge on any atom is 0.191 e. The second-order valence-electron chi connectivity index (χ2n) is 5.33. The van der Waals surface area contributed by atoms with Gasteiger partial charge >= 0.3 is 0 Å². The van der Waals surface area contributed by atoms with Crippen molar-refractivity contribution in [1.29, 1.82) is 0 Å². The highest BCUT2D eigenvalue weighted by molar-refractivity contribution is 14.0. The van der Waals surface area contributed by atoms with E-state index in [2.05, 4.69) is 36.7 Å². The molecule has 5 nitrogen and oxygen atoms in total. The molecule has 0 saturated carbocycles. The number of rotatable bonds is 4. The molecule has 0 unspecified atom stereocenters. The SMILES string of the molecule is CN=C(NCc1cc(F)cc(Br)c1)NCc1c(C)nn(C)c1C.I. The standard InChI is InChI=1S/C16H21BrFN5.HI/c1-10-15(11(2)23(4)22-10)9-21-16(19-3)20-8-12-5-13(17)7-14(18)6-12;/h5-7H,8-9H2,1-4H3,(H2,19,20,21);1H. The number of hydrogen-bond acceptors (Lipinski definition) is 2. The Kier molecular flexibility index (Phi) is 8.14. The summed E-state index contributed by atoms with van der Waals surface area (Å²) in [6, 6.07) is 4.81. The highest BCUT2D eigenvalue weighted by Crippen LogP contribution is 2.15. The Morgan fingerprint density at radius 2 is 1.92 bits per heavy atom. The fraction of sp³-hybridized carbons (Fsp3) is 0.375. The molecule has 0 bridgehead atoms. The van der Waals surface area contributed by atoms with E-state index in [1.807, 2.05) is 31.6 Å². The van der Waals surface area contributed by atoms with Crippen molar-refractivity contribution in [2.45, 2.75) is 26.9 Å². The van der Waals surface area contributed by atoms with Crippen molar-refractivity contribution in [1.82, 2.24) is 20.4 Å². The highest BCUT2D eigenvalue weighted by atomic mass is 127. The van der Waals surface area contributed by atoms with Gasteiger partial charge in [0, 0.05) is 42.9 Å². The fourth-order valence-electron chi connectivity index (χ4n) is 2.36. The minimum atomic E-state index is -0.263. The van der Waals surface area contributed by atoms with Crippen LogP contribution in [0, 0.1) is 19.7 Å². The van der Waals surface area contributed by atoms with Crippen LogP contribution >= 0.6 is 39.9 Å². The fourth-order valence-corrected chi connectivity index (χ4v) is 2.88. The molecular formula is C16H22BrFIN5. The topological polar surface area (TPSA) is 54.2 Å². The molecule has 0 aliphatic rings. The monoisotopic (exact) mass is 509 g/mol. The first-order valence-corrected chi connectivity index (χ1v) is 8.08. The Labute approximate surface area is 167 Å². The molecule has 0 atom stereocenters. The number of aromatic nitrogens is 2. The van der Waals surface area contributed by atoms with Crippen molar-refractivity contribution >= 4 is 45.9 Å². The Hall–Kier alpha value is -1.16. The molecule has 0 spiro atoms. The molecule has 0 saturated heterocycles. The molecule has 0 fully saturated rings. The van der Waals surface area contributed by atoms with Crippen molar-refractivity contribution in [3.05, 3.63) is 51.0 Å². The molecule has 132 valence electrons. The summed E-state index contributed by atoms with van der Waals surface area (Å²) < 4.78 is 16.0. The first-order chi connectivity index (χ1) is 10.9. The van der Waals surface area contributed by atoms with Crippen molar-refractivity contribution < 1.29 is 4.39 Å². The average Bonchev–Trinajstić information content (AvgIpc) is 2.72. The first kappa shape index (κ1) is 20.9. The number of hydrogen-bond donors (Lipinski definition) is 2. The van der Waals surface area contributed by atoms with Gasteiger partial charge in [0.15, 0.2) is 5.96 Å². The van der Waals surface area contributed by atoms with Crippen LogP contribution in [0.3, 0.4) is 0 Å². The zero-order chi connectivity index (χ0) is 17.0. The molecule has 0 aliphatic carbocycles. The smallest absolute Gasteiger partial charge is 0.191 e. The molecule has 8 heteroatoms. The van der Waals surface area contributed by atoms with Crippen molar-refractivity contribution in [3.63, 3.8) is 0 Å². The van der Waals surface area contributed by atoms with Gasteiger partial charge in [0.05, 0.1) is 5.69 Å². The molecule has 0 aliphatic heterocycles. The summed E-state index contributed by atoms with van der Waals surface area (Å²) in [6.07, 6.45) is 0. The van der Waals surface area contributed by atoms with Gasteiger partial charge in [0.2, 0.25) is 0 Å². The number of aliphatic imine (C=N–C) groups is 1. The Morgan fingerprint density at radius 3 is 2.46 bits per heavy atom. The van der Waals surface area contributed by atoms with Gasteiger partial charge in [-0.25, -0.2) is 4.39 Å². The summed E-state index contributed by atoms with van der Waals surface area (Å²) in [5, 5.41) is 10.8. The van der Waals surface area contributed by atoms with Gasteiger partial charge in [-0.1, -0.05) is 15.9 Å². The molecule has 1 aromatic carbocycles. The van der Waals surface area contributed by atoms with Crippen LogP contribution in [-0.4, -0.2) is 22.8 Å². The summed E-state index contributed by atoms with van der Waals surface area (Å²) in [5.74, 6) is 0.397. The van der Waals surface area contributed by atoms with Gasteiger partial charge in [-0.3, -0.25) is 9.67 Å². The van der Waals surface area contributed by atoms with E-state index in [9.17, 15) is 4.39 Å². The number of guanidine groups is 1. The summed E-state index contributed by atoms with van der Waals surface area (Å²) >= 11 is 3.29. The lowest BCUT2D eigenvalue weighted by atomic mass is 10.2. The van der Waals surface area contributed by atoms with E-state index < -0.39 is 0 Å². The molecule has 0 amide bonds. The predicted molar refractivity (Wildman–Crippen MR) is 109 cm³/mol. The van der Waals surface area contributed by atoms with Crippen molar-refractivity contribution in [2.24, 2.45) is 12.0 Å². The lowest BCUT2D eigenvalue weighted by Crippen LogP contribution is -2.36. The highest BCUT2D eigenvalue weighted by Gasteiger charge is 2.09. The van der Waals surface area contributed by atoms with E-state index in [4.69, 9.17) is 0 Å². The van der Waals surface area contributed by atoms with Crippen LogP contribution in [0.25, 0.3) is 0 Å². The van der Waals surface area contributed by atoms with E-state index in [0.29, 0.717) is 19.0 Å². The van der Waals surface area contributed by atoms with E-state index in [1.54, 1.807) is 7.05 Å². The quantitative estimate of drug-likeness (QED) is 0.377. The van der Waals surface area contributed by atoms with Crippen molar-refractivity contribution in [2.75, 3.05) is 7.05 Å². The van der Waals surface area contributed by atoms with Crippen LogP contribution in [-0.2, 0) is 20.1 Å². The van der Waals surface area contributed by atoms with E-state index in [1.165, 1.54) is 12.1 Å². The second-order valence-corrected chi connectivity index (χ2v) is 6.25. The average molecular weight is 510 g/mol. The van der Waals surface area contributed by atoms with Gasteiger partial charge in [-0.05, 0) is 37.6 Å². The first-order valence-electron chi connectivity index (χ1n) is 7.29. The van der Waals surface area contributed by atoms with E-state index in [0.717, 1.165) is 27.0 Å². The Balaban J connectivity index is 0.00000288. The predicted octanol–water partition coefficient (Wildman–Crippen LogP) is 3.42. The maximum atomic E-state index is 13.4. The van der Waals surface area contributed by atoms with Crippen LogP contribution in [0.4, 0.5) is 4.39 Å². The molecule has 1 heterocycles. The summed E-state index contributed by atoms with van der Waals surface area (Å²) in [6.45, 7) is 5.15. The zero-order valence-electron chi connectivity index (χ0n) is 14.2. The molecular weight excluding hydrogens is 488 g/mol. The maximum absolute atomic E-state index is 13.4. The van der Waals surface area contributed by atoms with Gasteiger partial charge in [-0.15, -0.1) is 24.0 Å². The number of nitrogens with zero attached hydrogens (tertiary/aromatic N) is 3. The van der Waals surface area contributed by atoms with Crippen molar-refractivity contribution in [3.8, 4) is 0 Å². The lowest BCUT2D eigenvalue weighted by Gasteiger charge is -2.12. The van der Waals surface area contributed by atoms with Crippen LogP contribution in [0.1, 0.15) is 22.5 Å². The van der Waals surface area contributed by atoms with Gasteiger partial charge < -0.3 is 10.6 Å². The molecule has 2 N–H and O–H groups in total. The number of nitrogens with one attached hydrogen (secondary N) is 2. The minimum Gasteiger partial charge on any atom is -0.352 e. The van der Waals surface area contributed by atoms with Crippen LogP contribution in [0.2, 0.25) is 0 Å². The third kappa shape index (κ3) is 5.44. The molecule has 1 aromatic heterocycles. The Bertz CT molecular complexity index is 709. The third-order valence-corrected chi connectivity index (χ3v) is 4.16. The largest absolute Gasteiger partial charge is 0.352 e. The number of benzene rings is 1. The van der Waals surface area contributed by atoms with Crippen LogP contribution < -0.4 is 10.6 Å². The summed E-state index contributed by atoms with van der Waals surface area (Å²) in [7, 11) is 3.64. The van der Waals surface area contributed by atoms with Crippen LogP contribution in [0.5, 0.6) is 0 Å². The van der Waals surface area contributed by atoms with Gasteiger partial charge in [0.25, 0.3) is 0 Å². The second kappa shape index (κ2) is 9.36. The molecule has 2 rings (SSSR count). The minimum absolute atomic E-state index is 0. The van der Waals surface area contributed by atoms with E-state index >= 15 is 0 Å². The number of halogens is 3. The molecule has 0 radical (unpaired) electrons. The summed E-state index contributed by atoms with van der Waals surface area (Å²) in [5.41, 5.74) is 4.12. The van der Waals surface area contributed by atoms with E-state index in [-0.39, 0.29) is 29.8 Å². The zero-order valence-corrected chi connectivity index (χ0v) is 18.1. The van der Waals surface area contributed by atoms with Gasteiger partial charge in [-0.2, -0.15) is 5.10 Å². The normalized spacial score (nSPS) is 11.2. The molecule has 2 aromatic rings. The lowest BCUT2D eigenvalue weighted by molar-refractivity contribution is 0.623. The number of aryl methyl sites for hydroxylation is 2. The third-order valence-electron chi connectivity index (χ3n) is 3.70. The van der Waals surface area contributed by atoms with Gasteiger partial charge in [0.1, 0.15) is 5.82 Å². The van der Waals surface area contributed by atoms with Crippen LogP contribution in [0.15, 0.2) is 27.7 Å². The molecule has 24 heavy (non-hydrogen) atoms. The summed E-state index contributed by atoms with van der Waals surface area (Å²) in [4.78, 5) is 4.19. The Morgan fingerprint density at radius 1 is 1.25 bits per heavy atom.